The van der Waals surface area contributed by atoms with Crippen LogP contribution in [0, 0.1) is 6.08 Å². The Bertz CT molecular complexity index is 195. The number of rotatable bonds is 3. The van der Waals surface area contributed by atoms with Gasteiger partial charge in [0.25, 0.3) is 0 Å². The molecule has 6 heteroatoms. The van der Waals surface area contributed by atoms with E-state index >= 15 is 0 Å². The molecule has 0 amide bonds. The Hall–Kier alpha value is 0.716. The molecule has 1 aliphatic rings. The second-order valence-corrected chi connectivity index (χ2v) is 4.77. The van der Waals surface area contributed by atoms with Crippen LogP contribution >= 0.6 is 0 Å². The number of hydrogen-bond acceptors (Lipinski definition) is 3. The molecule has 0 heterocycles. The Labute approximate surface area is 171 Å². The maximum Gasteiger partial charge on any atom is 0 e. The molecule has 23 heavy (non-hydrogen) atoms. The van der Waals surface area contributed by atoms with Crippen molar-refractivity contribution >= 4 is 17.0 Å². The molecular weight excluding hydrogens is 435 g/mol. The standard InChI is InChI=1S/C5H5.3C4H10O.FGeH2.Zr/c1-2-4-5-3-1;3*1-3-4(2)5;1-2;/h1-3H,4H2;3*4-5H,3H2,1-2H3;2H2;/q-1;;;;;. The van der Waals surface area contributed by atoms with Gasteiger partial charge in [-0.3, -0.25) is 6.08 Å². The summed E-state index contributed by atoms with van der Waals surface area (Å²) in [5.74, 6) is 0. The first-order chi connectivity index (χ1) is 10.3. The minimum atomic E-state index is -0.125. The van der Waals surface area contributed by atoms with Gasteiger partial charge in [-0.1, -0.05) is 20.8 Å². The molecule has 0 aliphatic heterocycles. The van der Waals surface area contributed by atoms with Gasteiger partial charge in [0.2, 0.25) is 0 Å². The van der Waals surface area contributed by atoms with E-state index in [1.54, 1.807) is 20.8 Å². The topological polar surface area (TPSA) is 60.7 Å². The van der Waals surface area contributed by atoms with Crippen molar-refractivity contribution < 1.29 is 45.0 Å². The van der Waals surface area contributed by atoms with Gasteiger partial charge in [-0.15, -0.1) is 6.42 Å². The van der Waals surface area contributed by atoms with Crippen LogP contribution in [0.15, 0.2) is 18.2 Å². The smallest absolute Gasteiger partial charge is 0 e. The largest absolute Gasteiger partial charge is 0 e. The number of aliphatic hydroxyl groups excluding tert-OH is 3. The molecule has 0 aromatic heterocycles. The Balaban J connectivity index is -0.0000000595. The Morgan fingerprint density at radius 2 is 1.17 bits per heavy atom. The number of allylic oxidation sites excluding steroid dienone is 4. The first-order valence-corrected chi connectivity index (χ1v) is 8.96. The molecule has 0 saturated carbocycles. The van der Waals surface area contributed by atoms with Crippen LogP contribution in [0.3, 0.4) is 0 Å². The Morgan fingerprint density at radius 1 is 0.913 bits per heavy atom. The van der Waals surface area contributed by atoms with E-state index in [1.165, 1.54) is 0 Å². The molecule has 0 saturated heterocycles. The predicted octanol–water partition coefficient (Wildman–Crippen LogP) is 3.14. The normalized spacial score (nSPS) is 13.9. The molecule has 0 aromatic rings. The van der Waals surface area contributed by atoms with E-state index in [9.17, 15) is 3.50 Å². The molecule has 0 bridgehead atoms. The van der Waals surface area contributed by atoms with Gasteiger partial charge in [0.05, 0.1) is 18.3 Å². The molecule has 3 nitrogen and oxygen atoms in total. The molecule has 0 aromatic carbocycles. The van der Waals surface area contributed by atoms with Crippen molar-refractivity contribution in [1.29, 1.82) is 0 Å². The molecule has 0 fully saturated rings. The van der Waals surface area contributed by atoms with E-state index in [0.29, 0.717) is 0 Å². The summed E-state index contributed by atoms with van der Waals surface area (Å²) in [5.41, 5.74) is 0. The third-order valence-corrected chi connectivity index (χ3v) is 2.36. The van der Waals surface area contributed by atoms with Gasteiger partial charge in [0.15, 0.2) is 0 Å². The van der Waals surface area contributed by atoms with Gasteiger partial charge >= 0.3 is 20.5 Å². The van der Waals surface area contributed by atoms with Gasteiger partial charge in [0, 0.05) is 26.2 Å². The summed E-state index contributed by atoms with van der Waals surface area (Å²) in [7, 11) is 0. The molecular formula is C17H37FGeO3Zr-. The van der Waals surface area contributed by atoms with E-state index in [4.69, 9.17) is 15.3 Å². The summed E-state index contributed by atoms with van der Waals surface area (Å²) >= 11 is -0.125. The van der Waals surface area contributed by atoms with Crippen LogP contribution in [0.5, 0.6) is 0 Å². The first-order valence-electron chi connectivity index (χ1n) is 7.84. The van der Waals surface area contributed by atoms with Crippen molar-refractivity contribution in [3.8, 4) is 0 Å². The second kappa shape index (κ2) is 34.1. The van der Waals surface area contributed by atoms with E-state index in [2.05, 4.69) is 12.2 Å². The quantitative estimate of drug-likeness (QED) is 0.437. The molecule has 139 valence electrons. The average Bonchev–Trinajstić information content (AvgIpc) is 3.09. The van der Waals surface area contributed by atoms with Crippen LogP contribution in [-0.2, 0) is 26.2 Å². The molecule has 3 unspecified atom stereocenters. The van der Waals surface area contributed by atoms with Crippen LogP contribution in [0.4, 0.5) is 3.50 Å². The fraction of sp³-hybridized carbons (Fsp3) is 0.765. The van der Waals surface area contributed by atoms with Crippen molar-refractivity contribution in [2.75, 3.05) is 0 Å². The molecule has 3 N–H and O–H groups in total. The zero-order valence-corrected chi connectivity index (χ0v) is 21.1. The Kier molecular flexibility index (Phi) is 51.8. The van der Waals surface area contributed by atoms with Gasteiger partial charge < -0.3 is 15.3 Å². The van der Waals surface area contributed by atoms with Crippen LogP contribution in [0.1, 0.15) is 67.2 Å². The first kappa shape index (κ1) is 34.9. The summed E-state index contributed by atoms with van der Waals surface area (Å²) in [6.07, 6.45) is 12.2. The van der Waals surface area contributed by atoms with Gasteiger partial charge in [0.1, 0.15) is 0 Å². The molecule has 1 rings (SSSR count). The minimum absolute atomic E-state index is 0. The van der Waals surface area contributed by atoms with Crippen molar-refractivity contribution in [2.24, 2.45) is 0 Å². The summed E-state index contributed by atoms with van der Waals surface area (Å²) in [6.45, 7) is 11.2. The summed E-state index contributed by atoms with van der Waals surface area (Å²) in [5, 5.41) is 25.1. The minimum Gasteiger partial charge on any atom is 0 e. The van der Waals surface area contributed by atoms with Gasteiger partial charge in [-0.05, 0) is 40.0 Å². The van der Waals surface area contributed by atoms with E-state index in [-0.39, 0.29) is 61.5 Å². The molecule has 0 spiro atoms. The molecule has 1 aliphatic carbocycles. The fourth-order valence-electron chi connectivity index (χ4n) is 0.340. The SMILES string of the molecule is CCC(C)O.CCC(C)O.CCC(C)O.[C-]1=CC=CC1.[F][GeH2].[Zr]. The van der Waals surface area contributed by atoms with Crippen molar-refractivity contribution in [3.63, 3.8) is 0 Å². The van der Waals surface area contributed by atoms with Crippen molar-refractivity contribution in [1.82, 2.24) is 0 Å². The Morgan fingerprint density at radius 3 is 1.22 bits per heavy atom. The number of hydrogen-bond donors (Lipinski definition) is 3. The zero-order valence-electron chi connectivity index (χ0n) is 15.7. The summed E-state index contributed by atoms with van der Waals surface area (Å²) < 4.78 is 9.62. The van der Waals surface area contributed by atoms with Crippen molar-refractivity contribution in [3.05, 3.63) is 24.3 Å². The van der Waals surface area contributed by atoms with Crippen molar-refractivity contribution in [2.45, 2.75) is 85.5 Å². The third kappa shape index (κ3) is 71.0. The van der Waals surface area contributed by atoms with Gasteiger partial charge in [-0.25, -0.2) is 12.2 Å². The third-order valence-electron chi connectivity index (χ3n) is 2.36. The van der Waals surface area contributed by atoms with Crippen LogP contribution < -0.4 is 0 Å². The predicted molar refractivity (Wildman–Crippen MR) is 97.1 cm³/mol. The summed E-state index contributed by atoms with van der Waals surface area (Å²) in [4.78, 5) is 0. The molecule has 3 atom stereocenters. The zero-order chi connectivity index (χ0) is 18.4. The number of aliphatic hydroxyl groups is 3. The summed E-state index contributed by atoms with van der Waals surface area (Å²) in [6, 6.07) is 0. The maximum atomic E-state index is 9.62. The van der Waals surface area contributed by atoms with E-state index < -0.39 is 0 Å². The van der Waals surface area contributed by atoms with E-state index in [0.717, 1.165) is 25.7 Å². The van der Waals surface area contributed by atoms with Gasteiger partial charge in [-0.2, -0.15) is 6.08 Å². The number of halogens is 1. The fourth-order valence-corrected chi connectivity index (χ4v) is 0.340. The van der Waals surface area contributed by atoms with Crippen LogP contribution in [0.2, 0.25) is 0 Å². The maximum absolute atomic E-state index is 9.62. The average molecular weight is 472 g/mol. The van der Waals surface area contributed by atoms with E-state index in [1.807, 2.05) is 32.9 Å². The molecule has 1 radical (unpaired) electrons. The monoisotopic (exact) mass is 472 g/mol. The van der Waals surface area contributed by atoms with Crippen LogP contribution in [0.25, 0.3) is 0 Å². The second-order valence-electron chi connectivity index (χ2n) is 4.77. The van der Waals surface area contributed by atoms with Crippen LogP contribution in [-0.4, -0.2) is 50.6 Å².